The van der Waals surface area contributed by atoms with Crippen LogP contribution in [0.15, 0.2) is 114 Å². The number of sulfonamides is 1. The second kappa shape index (κ2) is 15.4. The van der Waals surface area contributed by atoms with Gasteiger partial charge < -0.3 is 10.2 Å². The highest BCUT2D eigenvalue weighted by Crippen LogP contribution is 2.27. The van der Waals surface area contributed by atoms with Crippen molar-refractivity contribution in [3.63, 3.8) is 0 Å². The number of carbonyl (C=O) groups excluding carboxylic acids is 2. The highest BCUT2D eigenvalue weighted by Gasteiger charge is 2.35. The minimum Gasteiger partial charge on any atom is -0.352 e. The molecule has 0 radical (unpaired) electrons. The van der Waals surface area contributed by atoms with Crippen LogP contribution in [0.1, 0.15) is 48.8 Å². The van der Waals surface area contributed by atoms with Gasteiger partial charge in [-0.1, -0.05) is 109 Å². The molecule has 1 saturated carbocycles. The molecule has 7 nitrogen and oxygen atoms in total. The fraction of sp³-hybridized carbons (Fsp3) is 0.297. The zero-order valence-corrected chi connectivity index (χ0v) is 27.6. The molecule has 4 aromatic carbocycles. The van der Waals surface area contributed by atoms with Crippen LogP contribution in [0.3, 0.4) is 0 Å². The van der Waals surface area contributed by atoms with Crippen molar-refractivity contribution in [1.29, 1.82) is 0 Å². The van der Waals surface area contributed by atoms with E-state index in [2.05, 4.69) is 5.32 Å². The number of halogens is 1. The number of benzene rings is 4. The highest BCUT2D eigenvalue weighted by atomic mass is 35.5. The maximum Gasteiger partial charge on any atom is 0.264 e. The Labute approximate surface area is 277 Å². The third-order valence-corrected chi connectivity index (χ3v) is 10.5. The lowest BCUT2D eigenvalue weighted by Gasteiger charge is -2.35. The van der Waals surface area contributed by atoms with Crippen molar-refractivity contribution < 1.29 is 18.0 Å². The molecule has 1 aliphatic rings. The summed E-state index contributed by atoms with van der Waals surface area (Å²) < 4.78 is 29.4. The summed E-state index contributed by atoms with van der Waals surface area (Å²) in [7, 11) is -4.19. The Bertz CT molecular complexity index is 1690. The Balaban J connectivity index is 1.54. The SMILES string of the molecule is Cc1ccc(N(CC(=O)N(Cc2ccccc2)C(Cc2ccccc2)C(=O)NC2CCCCC2)S(=O)(=O)c2ccc(Cl)cc2)cc1. The van der Waals surface area contributed by atoms with Crippen LogP contribution in [0.5, 0.6) is 0 Å². The molecule has 1 atom stereocenters. The molecule has 0 spiro atoms. The van der Waals surface area contributed by atoms with E-state index in [4.69, 9.17) is 11.6 Å². The Morgan fingerprint density at radius 2 is 1.39 bits per heavy atom. The zero-order chi connectivity index (χ0) is 32.5. The fourth-order valence-corrected chi connectivity index (χ4v) is 7.39. The molecule has 1 fully saturated rings. The van der Waals surface area contributed by atoms with Crippen molar-refractivity contribution in [2.45, 2.75) is 69.0 Å². The number of amides is 2. The van der Waals surface area contributed by atoms with Crippen molar-refractivity contribution >= 4 is 39.1 Å². The number of hydrogen-bond acceptors (Lipinski definition) is 4. The molecule has 0 bridgehead atoms. The average molecular weight is 658 g/mol. The second-order valence-electron chi connectivity index (χ2n) is 11.9. The first-order valence-electron chi connectivity index (χ1n) is 15.7. The molecule has 1 aliphatic carbocycles. The van der Waals surface area contributed by atoms with Crippen molar-refractivity contribution in [3.05, 3.63) is 131 Å². The molecule has 9 heteroatoms. The predicted molar refractivity (Wildman–Crippen MR) is 183 cm³/mol. The highest BCUT2D eigenvalue weighted by molar-refractivity contribution is 7.92. The first-order chi connectivity index (χ1) is 22.2. The van der Waals surface area contributed by atoms with Crippen LogP contribution in [-0.4, -0.2) is 43.8 Å². The summed E-state index contributed by atoms with van der Waals surface area (Å²) in [5.74, 6) is -0.718. The largest absolute Gasteiger partial charge is 0.352 e. The van der Waals surface area contributed by atoms with E-state index in [9.17, 15) is 18.0 Å². The average Bonchev–Trinajstić information content (AvgIpc) is 3.07. The lowest BCUT2D eigenvalue weighted by molar-refractivity contribution is -0.140. The van der Waals surface area contributed by atoms with Crippen LogP contribution >= 0.6 is 11.6 Å². The number of nitrogens with zero attached hydrogens (tertiary/aromatic N) is 2. The number of nitrogens with one attached hydrogen (secondary N) is 1. The molecule has 0 aromatic heterocycles. The summed E-state index contributed by atoms with van der Waals surface area (Å²) in [6, 6.07) is 31.1. The van der Waals surface area contributed by atoms with Gasteiger partial charge in [0.2, 0.25) is 11.8 Å². The van der Waals surface area contributed by atoms with E-state index in [1.165, 1.54) is 24.3 Å². The minimum atomic E-state index is -4.19. The topological polar surface area (TPSA) is 86.8 Å². The van der Waals surface area contributed by atoms with Gasteiger partial charge in [0.1, 0.15) is 12.6 Å². The van der Waals surface area contributed by atoms with Crippen LogP contribution in [0.25, 0.3) is 0 Å². The minimum absolute atomic E-state index is 0.00996. The molecule has 1 unspecified atom stereocenters. The summed E-state index contributed by atoms with van der Waals surface area (Å²) >= 11 is 6.07. The van der Waals surface area contributed by atoms with Crippen molar-refractivity contribution in [2.24, 2.45) is 0 Å². The molecule has 0 aliphatic heterocycles. The van der Waals surface area contributed by atoms with Crippen LogP contribution in [-0.2, 0) is 32.6 Å². The Morgan fingerprint density at radius 1 is 0.804 bits per heavy atom. The molecule has 4 aromatic rings. The summed E-state index contributed by atoms with van der Waals surface area (Å²) in [6.07, 6.45) is 5.33. The van der Waals surface area contributed by atoms with E-state index in [1.807, 2.05) is 79.7 Å². The molecule has 46 heavy (non-hydrogen) atoms. The quantitative estimate of drug-likeness (QED) is 0.179. The van der Waals surface area contributed by atoms with Crippen molar-refractivity contribution in [3.8, 4) is 0 Å². The van der Waals surface area contributed by atoms with Gasteiger partial charge in [-0.05, 0) is 67.3 Å². The van der Waals surface area contributed by atoms with Gasteiger partial charge in [0, 0.05) is 24.0 Å². The Morgan fingerprint density at radius 3 is 2.00 bits per heavy atom. The monoisotopic (exact) mass is 657 g/mol. The van der Waals surface area contributed by atoms with Gasteiger partial charge in [-0.2, -0.15) is 0 Å². The van der Waals surface area contributed by atoms with Crippen molar-refractivity contribution in [1.82, 2.24) is 10.2 Å². The molecule has 1 N–H and O–H groups in total. The van der Waals surface area contributed by atoms with Crippen LogP contribution in [0.2, 0.25) is 5.02 Å². The van der Waals surface area contributed by atoms with Crippen LogP contribution in [0.4, 0.5) is 5.69 Å². The summed E-state index contributed by atoms with van der Waals surface area (Å²) in [5, 5.41) is 3.64. The molecule has 240 valence electrons. The molecule has 2 amide bonds. The number of hydrogen-bond donors (Lipinski definition) is 1. The van der Waals surface area contributed by atoms with E-state index >= 15 is 0 Å². The lowest BCUT2D eigenvalue weighted by Crippen LogP contribution is -2.55. The number of aryl methyl sites for hydroxylation is 1. The van der Waals surface area contributed by atoms with Gasteiger partial charge in [-0.3, -0.25) is 13.9 Å². The summed E-state index contributed by atoms with van der Waals surface area (Å²) in [6.45, 7) is 1.55. The zero-order valence-electron chi connectivity index (χ0n) is 26.0. The van der Waals surface area contributed by atoms with Crippen molar-refractivity contribution in [2.75, 3.05) is 10.8 Å². The predicted octanol–water partition coefficient (Wildman–Crippen LogP) is 6.93. The third-order valence-electron chi connectivity index (χ3n) is 8.42. The molecule has 5 rings (SSSR count). The van der Waals surface area contributed by atoms with E-state index in [1.54, 1.807) is 17.0 Å². The maximum atomic E-state index is 14.6. The third kappa shape index (κ3) is 8.56. The van der Waals surface area contributed by atoms with Gasteiger partial charge in [0.25, 0.3) is 10.0 Å². The first-order valence-corrected chi connectivity index (χ1v) is 17.6. The van der Waals surface area contributed by atoms with E-state index < -0.39 is 28.5 Å². The van der Waals surface area contributed by atoms with Crippen LogP contribution < -0.4 is 9.62 Å². The number of rotatable bonds is 12. The second-order valence-corrected chi connectivity index (χ2v) is 14.2. The van der Waals surface area contributed by atoms with E-state index in [-0.39, 0.29) is 29.8 Å². The van der Waals surface area contributed by atoms with Gasteiger partial charge in [0.15, 0.2) is 0 Å². The van der Waals surface area contributed by atoms with E-state index in [0.29, 0.717) is 10.7 Å². The molecular formula is C37H40ClN3O4S. The van der Waals surface area contributed by atoms with Gasteiger partial charge in [-0.15, -0.1) is 0 Å². The smallest absolute Gasteiger partial charge is 0.264 e. The Kier molecular flexibility index (Phi) is 11.1. The Hall–Kier alpha value is -4.14. The lowest BCUT2D eigenvalue weighted by atomic mass is 9.94. The maximum absolute atomic E-state index is 14.6. The van der Waals surface area contributed by atoms with Gasteiger partial charge in [-0.25, -0.2) is 8.42 Å². The normalized spacial score (nSPS) is 14.3. The number of carbonyl (C=O) groups is 2. The summed E-state index contributed by atoms with van der Waals surface area (Å²) in [5.41, 5.74) is 3.04. The van der Waals surface area contributed by atoms with E-state index in [0.717, 1.165) is 53.1 Å². The molecule has 0 heterocycles. The standard InChI is InChI=1S/C37H40ClN3O4S/c1-28-17-21-33(22-18-28)41(46(44,45)34-23-19-31(38)20-24-34)27-36(42)40(26-30-13-7-3-8-14-30)35(25-29-11-5-2-6-12-29)37(43)39-32-15-9-4-10-16-32/h2-3,5-8,11-14,17-24,32,35H,4,9-10,15-16,25-27H2,1H3,(H,39,43). The number of anilines is 1. The molecule has 0 saturated heterocycles. The first kappa shape index (κ1) is 33.2. The fourth-order valence-electron chi connectivity index (χ4n) is 5.85. The summed E-state index contributed by atoms with van der Waals surface area (Å²) in [4.78, 5) is 30.3. The molecular weight excluding hydrogens is 618 g/mol. The van der Waals surface area contributed by atoms with Gasteiger partial charge in [0.05, 0.1) is 10.6 Å². The van der Waals surface area contributed by atoms with Crippen LogP contribution in [0, 0.1) is 6.92 Å². The van der Waals surface area contributed by atoms with Gasteiger partial charge >= 0.3 is 0 Å².